The number of carbonyl (C=O) groups is 1. The molecule has 0 fully saturated rings. The summed E-state index contributed by atoms with van der Waals surface area (Å²) in [7, 11) is 0. The molecule has 0 aliphatic carbocycles. The van der Waals surface area contributed by atoms with Crippen molar-refractivity contribution in [3.63, 3.8) is 0 Å². The van der Waals surface area contributed by atoms with E-state index < -0.39 is 0 Å². The summed E-state index contributed by atoms with van der Waals surface area (Å²) >= 11 is 11.9. The third-order valence-electron chi connectivity index (χ3n) is 3.90. The van der Waals surface area contributed by atoms with Crippen LogP contribution in [0.5, 0.6) is 0 Å². The molecule has 0 radical (unpaired) electrons. The molecular weight excluding hydrogens is 407 g/mol. The number of aromatic nitrogens is 5. The lowest BCUT2D eigenvalue weighted by molar-refractivity contribution is -0.141. The van der Waals surface area contributed by atoms with Crippen molar-refractivity contribution in [3.05, 3.63) is 44.2 Å². The number of rotatable bonds is 8. The summed E-state index contributed by atoms with van der Waals surface area (Å²) in [5, 5.41) is 11.9. The number of esters is 1. The summed E-state index contributed by atoms with van der Waals surface area (Å²) in [4.78, 5) is 30.1. The molecule has 1 aromatic carbocycles. The van der Waals surface area contributed by atoms with Gasteiger partial charge in [-0.15, -0.1) is 5.10 Å². The molecule has 0 bridgehead atoms. The minimum atomic E-state index is -0.341. The lowest BCUT2D eigenvalue weighted by Crippen LogP contribution is -2.16. The Kier molecular flexibility index (Phi) is 6.48. The van der Waals surface area contributed by atoms with E-state index in [0.29, 0.717) is 48.1 Å². The van der Waals surface area contributed by atoms with E-state index in [9.17, 15) is 9.59 Å². The molecule has 2 heterocycles. The van der Waals surface area contributed by atoms with Crippen molar-refractivity contribution < 1.29 is 9.53 Å². The van der Waals surface area contributed by atoms with Crippen LogP contribution in [0.2, 0.25) is 10.0 Å². The van der Waals surface area contributed by atoms with Gasteiger partial charge >= 0.3 is 5.97 Å². The molecule has 148 valence electrons. The molecule has 9 nitrogen and oxygen atoms in total. The number of aromatic amines is 1. The number of hydrogen-bond donors (Lipinski definition) is 2. The fraction of sp³-hybridized carbons (Fsp3) is 0.353. The van der Waals surface area contributed by atoms with Gasteiger partial charge in [0.15, 0.2) is 5.52 Å². The van der Waals surface area contributed by atoms with Gasteiger partial charge in [0.25, 0.3) is 5.56 Å². The normalized spacial score (nSPS) is 11.0. The van der Waals surface area contributed by atoms with Crippen molar-refractivity contribution in [3.8, 4) is 0 Å². The Bertz CT molecular complexity index is 1050. The van der Waals surface area contributed by atoms with Gasteiger partial charge in [0.05, 0.1) is 16.7 Å². The van der Waals surface area contributed by atoms with Crippen LogP contribution in [-0.2, 0) is 22.6 Å². The maximum atomic E-state index is 12.4. The molecule has 2 N–H and O–H groups in total. The molecule has 0 saturated heterocycles. The van der Waals surface area contributed by atoms with Crippen LogP contribution < -0.4 is 10.9 Å². The number of nitrogens with one attached hydrogen (secondary N) is 2. The summed E-state index contributed by atoms with van der Waals surface area (Å²) < 4.78 is 6.37. The molecular formula is C17H18Cl2N6O3. The average Bonchev–Trinajstić information content (AvgIpc) is 3.06. The number of halogens is 2. The predicted molar refractivity (Wildman–Crippen MR) is 106 cm³/mol. The first-order chi connectivity index (χ1) is 13.4. The minimum absolute atomic E-state index is 0.250. The zero-order valence-corrected chi connectivity index (χ0v) is 16.5. The highest BCUT2D eigenvalue weighted by Gasteiger charge is 2.12. The number of aryl methyl sites for hydroxylation is 1. The average molecular weight is 425 g/mol. The summed E-state index contributed by atoms with van der Waals surface area (Å²) in [6.07, 6.45) is 1.35. The zero-order chi connectivity index (χ0) is 20.1. The molecule has 0 atom stereocenters. The first-order valence-electron chi connectivity index (χ1n) is 8.58. The fourth-order valence-electron chi connectivity index (χ4n) is 2.55. The number of hydrogen-bond acceptors (Lipinski definition) is 7. The molecule has 0 saturated carbocycles. The number of ether oxygens (including phenoxy) is 1. The summed E-state index contributed by atoms with van der Waals surface area (Å²) in [6, 6.07) is 5.26. The lowest BCUT2D eigenvalue weighted by Gasteiger charge is -2.07. The topological polar surface area (TPSA) is 115 Å². The SMILES string of the molecule is CC(=O)OCCCCn1nnc2nc(NCc3ccc(Cl)c(Cl)c3)[nH]c(=O)c21. The Morgan fingerprint density at radius 2 is 2.11 bits per heavy atom. The van der Waals surface area contributed by atoms with Crippen molar-refractivity contribution >= 4 is 46.3 Å². The number of fused-ring (bicyclic) bond motifs is 1. The summed E-state index contributed by atoms with van der Waals surface area (Å²) in [6.45, 7) is 2.57. The van der Waals surface area contributed by atoms with Gasteiger partial charge in [0.2, 0.25) is 11.6 Å². The Morgan fingerprint density at radius 3 is 2.86 bits per heavy atom. The third-order valence-corrected chi connectivity index (χ3v) is 4.63. The first kappa shape index (κ1) is 20.1. The highest BCUT2D eigenvalue weighted by Crippen LogP contribution is 2.22. The Balaban J connectivity index is 1.65. The van der Waals surface area contributed by atoms with E-state index in [2.05, 4.69) is 25.6 Å². The van der Waals surface area contributed by atoms with Crippen LogP contribution in [0.15, 0.2) is 23.0 Å². The van der Waals surface area contributed by atoms with Crippen molar-refractivity contribution in [2.45, 2.75) is 32.9 Å². The second kappa shape index (κ2) is 9.03. The number of benzene rings is 1. The number of unbranched alkanes of at least 4 members (excludes halogenated alkanes) is 1. The van der Waals surface area contributed by atoms with Gasteiger partial charge in [-0.25, -0.2) is 4.68 Å². The maximum Gasteiger partial charge on any atom is 0.302 e. The molecule has 0 amide bonds. The van der Waals surface area contributed by atoms with Crippen LogP contribution in [0.1, 0.15) is 25.3 Å². The standard InChI is InChI=1S/C17H18Cl2N6O3/c1-10(26)28-7-3-2-6-25-14-15(23-24-25)21-17(22-16(14)27)20-9-11-4-5-12(18)13(19)8-11/h4-5,8H,2-3,6-7,9H2,1H3,(H2,20,21,22,27). The van der Waals surface area contributed by atoms with Crippen LogP contribution in [0.25, 0.3) is 11.2 Å². The van der Waals surface area contributed by atoms with Gasteiger partial charge in [0, 0.05) is 20.0 Å². The van der Waals surface area contributed by atoms with Gasteiger partial charge in [0.1, 0.15) is 0 Å². The van der Waals surface area contributed by atoms with E-state index in [-0.39, 0.29) is 23.1 Å². The van der Waals surface area contributed by atoms with Crippen molar-refractivity contribution in [2.24, 2.45) is 0 Å². The van der Waals surface area contributed by atoms with Crippen LogP contribution in [0.3, 0.4) is 0 Å². The molecule has 0 spiro atoms. The monoisotopic (exact) mass is 424 g/mol. The van der Waals surface area contributed by atoms with Gasteiger partial charge in [-0.3, -0.25) is 14.6 Å². The predicted octanol–water partition coefficient (Wildman–Crippen LogP) is 2.78. The maximum absolute atomic E-state index is 12.4. The zero-order valence-electron chi connectivity index (χ0n) is 15.0. The molecule has 3 aromatic rings. The smallest absolute Gasteiger partial charge is 0.302 e. The molecule has 0 aliphatic heterocycles. The van der Waals surface area contributed by atoms with Gasteiger partial charge in [-0.05, 0) is 30.5 Å². The largest absolute Gasteiger partial charge is 0.466 e. The highest BCUT2D eigenvalue weighted by molar-refractivity contribution is 6.42. The molecule has 11 heteroatoms. The van der Waals surface area contributed by atoms with Crippen LogP contribution >= 0.6 is 23.2 Å². The van der Waals surface area contributed by atoms with Crippen molar-refractivity contribution in [1.29, 1.82) is 0 Å². The van der Waals surface area contributed by atoms with Gasteiger partial charge < -0.3 is 10.1 Å². The third kappa shape index (κ3) is 4.99. The second-order valence-corrected chi connectivity index (χ2v) is 6.86. The summed E-state index contributed by atoms with van der Waals surface area (Å²) in [5.74, 6) is -0.0294. The number of anilines is 1. The summed E-state index contributed by atoms with van der Waals surface area (Å²) in [5.41, 5.74) is 1.09. The number of nitrogens with zero attached hydrogens (tertiary/aromatic N) is 4. The van der Waals surface area contributed by atoms with E-state index >= 15 is 0 Å². The molecule has 0 unspecified atom stereocenters. The van der Waals surface area contributed by atoms with Gasteiger partial charge in [-0.1, -0.05) is 34.5 Å². The fourth-order valence-corrected chi connectivity index (χ4v) is 2.87. The first-order valence-corrected chi connectivity index (χ1v) is 9.34. The van der Waals surface area contributed by atoms with E-state index in [0.717, 1.165) is 5.56 Å². The van der Waals surface area contributed by atoms with E-state index in [4.69, 9.17) is 27.9 Å². The minimum Gasteiger partial charge on any atom is -0.466 e. The quantitative estimate of drug-likeness (QED) is 0.421. The number of carbonyl (C=O) groups excluding carboxylic acids is 1. The van der Waals surface area contributed by atoms with Crippen LogP contribution in [-0.4, -0.2) is 37.5 Å². The van der Waals surface area contributed by atoms with E-state index in [1.165, 1.54) is 11.6 Å². The Morgan fingerprint density at radius 1 is 1.29 bits per heavy atom. The van der Waals surface area contributed by atoms with Crippen LogP contribution in [0.4, 0.5) is 5.95 Å². The Labute approximate surface area is 170 Å². The molecule has 3 rings (SSSR count). The Hall–Kier alpha value is -2.65. The lowest BCUT2D eigenvalue weighted by atomic mass is 10.2. The van der Waals surface area contributed by atoms with Crippen molar-refractivity contribution in [2.75, 3.05) is 11.9 Å². The van der Waals surface area contributed by atoms with Crippen molar-refractivity contribution in [1.82, 2.24) is 25.0 Å². The second-order valence-electron chi connectivity index (χ2n) is 6.05. The van der Waals surface area contributed by atoms with E-state index in [1.807, 2.05) is 6.07 Å². The molecule has 2 aromatic heterocycles. The van der Waals surface area contributed by atoms with Crippen LogP contribution in [0, 0.1) is 0 Å². The van der Waals surface area contributed by atoms with E-state index in [1.54, 1.807) is 12.1 Å². The molecule has 28 heavy (non-hydrogen) atoms. The van der Waals surface area contributed by atoms with Gasteiger partial charge in [-0.2, -0.15) is 4.98 Å². The molecule has 0 aliphatic rings. The number of H-pyrrole nitrogens is 1. The highest BCUT2D eigenvalue weighted by atomic mass is 35.5.